The first-order chi connectivity index (χ1) is 11.7. The fourth-order valence-electron chi connectivity index (χ4n) is 2.65. The van der Waals surface area contributed by atoms with E-state index in [1.165, 1.54) is 5.56 Å². The SMILES string of the molecule is CCNC(=NCc1csc(N(C)C)n1)NC1CC1c1ccccc1. The molecule has 1 fully saturated rings. The Labute approximate surface area is 147 Å². The lowest BCUT2D eigenvalue weighted by atomic mass is 10.1. The number of nitrogens with zero attached hydrogens (tertiary/aromatic N) is 3. The van der Waals surface area contributed by atoms with E-state index in [1.807, 2.05) is 19.0 Å². The second-order valence-electron chi connectivity index (χ2n) is 6.21. The first kappa shape index (κ1) is 16.8. The lowest BCUT2D eigenvalue weighted by Crippen LogP contribution is -2.39. The van der Waals surface area contributed by atoms with Crippen LogP contribution in [0.4, 0.5) is 5.13 Å². The van der Waals surface area contributed by atoms with E-state index < -0.39 is 0 Å². The second kappa shape index (κ2) is 7.66. The van der Waals surface area contributed by atoms with Gasteiger partial charge in [-0.1, -0.05) is 30.3 Å². The molecule has 2 N–H and O–H groups in total. The summed E-state index contributed by atoms with van der Waals surface area (Å²) in [7, 11) is 4.02. The van der Waals surface area contributed by atoms with Crippen LogP contribution in [0.2, 0.25) is 0 Å². The number of rotatable bonds is 6. The highest BCUT2D eigenvalue weighted by Crippen LogP contribution is 2.40. The van der Waals surface area contributed by atoms with Crippen LogP contribution in [0.1, 0.15) is 30.5 Å². The number of guanidine groups is 1. The zero-order valence-electron chi connectivity index (χ0n) is 14.5. The monoisotopic (exact) mass is 343 g/mol. The molecule has 5 nitrogen and oxygen atoms in total. The van der Waals surface area contributed by atoms with E-state index in [1.54, 1.807) is 11.3 Å². The standard InChI is InChI=1S/C18H25N5S/c1-4-19-17(20-11-14-12-24-18(21-14)23(2)3)22-16-10-15(16)13-8-6-5-7-9-13/h5-9,12,15-16H,4,10-11H2,1-3H3,(H2,19,20,22). The predicted molar refractivity (Wildman–Crippen MR) is 102 cm³/mol. The van der Waals surface area contributed by atoms with E-state index in [2.05, 4.69) is 63.2 Å². The number of aromatic nitrogens is 1. The number of benzene rings is 1. The Bertz CT molecular complexity index is 680. The lowest BCUT2D eigenvalue weighted by Gasteiger charge is -2.11. The van der Waals surface area contributed by atoms with Crippen LogP contribution in [0.5, 0.6) is 0 Å². The maximum atomic E-state index is 4.68. The number of hydrogen-bond donors (Lipinski definition) is 2. The molecule has 2 atom stereocenters. The van der Waals surface area contributed by atoms with Gasteiger partial charge in [0.1, 0.15) is 0 Å². The van der Waals surface area contributed by atoms with E-state index >= 15 is 0 Å². The van der Waals surface area contributed by atoms with E-state index in [0.29, 0.717) is 18.5 Å². The molecule has 0 bridgehead atoms. The third-order valence-electron chi connectivity index (χ3n) is 4.01. The van der Waals surface area contributed by atoms with Crippen LogP contribution in [0, 0.1) is 0 Å². The van der Waals surface area contributed by atoms with E-state index in [4.69, 9.17) is 0 Å². The molecule has 2 unspecified atom stereocenters. The van der Waals surface area contributed by atoms with E-state index in [0.717, 1.165) is 29.8 Å². The summed E-state index contributed by atoms with van der Waals surface area (Å²) in [5.41, 5.74) is 2.41. The third-order valence-corrected chi connectivity index (χ3v) is 5.06. The van der Waals surface area contributed by atoms with Crippen LogP contribution in [0.3, 0.4) is 0 Å². The summed E-state index contributed by atoms with van der Waals surface area (Å²) in [5, 5.41) is 9.97. The largest absolute Gasteiger partial charge is 0.357 e. The highest BCUT2D eigenvalue weighted by atomic mass is 32.1. The van der Waals surface area contributed by atoms with Crippen molar-refractivity contribution in [2.75, 3.05) is 25.5 Å². The maximum absolute atomic E-state index is 4.68. The third kappa shape index (κ3) is 4.26. The van der Waals surface area contributed by atoms with Crippen molar-refractivity contribution in [3.63, 3.8) is 0 Å². The number of nitrogens with one attached hydrogen (secondary N) is 2. The van der Waals surface area contributed by atoms with Gasteiger partial charge < -0.3 is 15.5 Å². The van der Waals surface area contributed by atoms with Gasteiger partial charge in [-0.15, -0.1) is 11.3 Å². The van der Waals surface area contributed by atoms with Crippen LogP contribution in [-0.2, 0) is 6.54 Å². The van der Waals surface area contributed by atoms with Crippen LogP contribution in [0.25, 0.3) is 0 Å². The van der Waals surface area contributed by atoms with Crippen LogP contribution < -0.4 is 15.5 Å². The molecule has 0 aliphatic heterocycles. The minimum absolute atomic E-state index is 0.470. The molecule has 0 amide bonds. The normalized spacial score (nSPS) is 19.9. The molecule has 3 rings (SSSR count). The van der Waals surface area contributed by atoms with Gasteiger partial charge in [0.25, 0.3) is 0 Å². The summed E-state index contributed by atoms with van der Waals surface area (Å²) < 4.78 is 0. The van der Waals surface area contributed by atoms with E-state index in [-0.39, 0.29) is 0 Å². The number of anilines is 1. The summed E-state index contributed by atoms with van der Waals surface area (Å²) >= 11 is 1.65. The van der Waals surface area contributed by atoms with E-state index in [9.17, 15) is 0 Å². The highest BCUT2D eigenvalue weighted by molar-refractivity contribution is 7.13. The van der Waals surface area contributed by atoms with Crippen LogP contribution in [0.15, 0.2) is 40.7 Å². The summed E-state index contributed by atoms with van der Waals surface area (Å²) in [6, 6.07) is 11.2. The number of thiazole rings is 1. The minimum atomic E-state index is 0.470. The second-order valence-corrected chi connectivity index (χ2v) is 7.05. The summed E-state index contributed by atoms with van der Waals surface area (Å²) in [5.74, 6) is 1.47. The van der Waals surface area contributed by atoms with Gasteiger partial charge in [-0.05, 0) is 18.9 Å². The average molecular weight is 344 g/mol. The van der Waals surface area contributed by atoms with Crippen molar-refractivity contribution >= 4 is 22.4 Å². The lowest BCUT2D eigenvalue weighted by molar-refractivity contribution is 0.792. The Morgan fingerprint density at radius 2 is 2.12 bits per heavy atom. The molecule has 2 aromatic rings. The van der Waals surface area contributed by atoms with Crippen molar-refractivity contribution in [3.05, 3.63) is 47.0 Å². The Balaban J connectivity index is 1.58. The van der Waals surface area contributed by atoms with Crippen molar-refractivity contribution in [1.82, 2.24) is 15.6 Å². The molecule has 1 heterocycles. The van der Waals surface area contributed by atoms with Gasteiger partial charge >= 0.3 is 0 Å². The van der Waals surface area contributed by atoms with Crippen molar-refractivity contribution in [1.29, 1.82) is 0 Å². The topological polar surface area (TPSA) is 52.6 Å². The molecule has 1 aliphatic rings. The van der Waals surface area contributed by atoms with Crippen LogP contribution >= 0.6 is 11.3 Å². The van der Waals surface area contributed by atoms with Crippen molar-refractivity contribution < 1.29 is 0 Å². The summed E-state index contributed by atoms with van der Waals surface area (Å²) in [6.45, 7) is 3.54. The highest BCUT2D eigenvalue weighted by Gasteiger charge is 2.38. The molecule has 0 saturated heterocycles. The van der Waals surface area contributed by atoms with Crippen molar-refractivity contribution in [2.45, 2.75) is 31.8 Å². The molecule has 1 aliphatic carbocycles. The van der Waals surface area contributed by atoms with Gasteiger partial charge in [0.05, 0.1) is 12.2 Å². The molecular weight excluding hydrogens is 318 g/mol. The maximum Gasteiger partial charge on any atom is 0.191 e. The Hall–Kier alpha value is -2.08. The molecule has 1 aromatic heterocycles. The number of hydrogen-bond acceptors (Lipinski definition) is 4. The molecule has 128 valence electrons. The first-order valence-electron chi connectivity index (χ1n) is 8.39. The smallest absolute Gasteiger partial charge is 0.191 e. The zero-order chi connectivity index (χ0) is 16.9. The van der Waals surface area contributed by atoms with Gasteiger partial charge in [0.2, 0.25) is 0 Å². The fourth-order valence-corrected chi connectivity index (χ4v) is 3.40. The molecule has 1 aromatic carbocycles. The molecule has 0 spiro atoms. The van der Waals surface area contributed by atoms with Crippen molar-refractivity contribution in [2.24, 2.45) is 4.99 Å². The molecule has 24 heavy (non-hydrogen) atoms. The molecular formula is C18H25N5S. The van der Waals surface area contributed by atoms with Gasteiger partial charge in [0.15, 0.2) is 11.1 Å². The van der Waals surface area contributed by atoms with Gasteiger partial charge in [-0.3, -0.25) is 0 Å². The zero-order valence-corrected chi connectivity index (χ0v) is 15.3. The predicted octanol–water partition coefficient (Wildman–Crippen LogP) is 2.82. The summed E-state index contributed by atoms with van der Waals surface area (Å²) in [4.78, 5) is 11.3. The number of aliphatic imine (C=N–C) groups is 1. The van der Waals surface area contributed by atoms with Crippen LogP contribution in [-0.4, -0.2) is 37.6 Å². The molecule has 0 radical (unpaired) electrons. The van der Waals surface area contributed by atoms with Gasteiger partial charge in [0, 0.05) is 38.0 Å². The Morgan fingerprint density at radius 3 is 2.79 bits per heavy atom. The van der Waals surface area contributed by atoms with Crippen molar-refractivity contribution in [3.8, 4) is 0 Å². The Kier molecular flexibility index (Phi) is 5.35. The summed E-state index contributed by atoms with van der Waals surface area (Å²) in [6.07, 6.45) is 1.16. The average Bonchev–Trinajstić information content (AvgIpc) is 3.18. The quantitative estimate of drug-likeness (QED) is 0.625. The first-order valence-corrected chi connectivity index (χ1v) is 9.27. The van der Waals surface area contributed by atoms with Gasteiger partial charge in [-0.2, -0.15) is 0 Å². The minimum Gasteiger partial charge on any atom is -0.357 e. The fraction of sp³-hybridized carbons (Fsp3) is 0.444. The molecule has 6 heteroatoms. The molecule has 1 saturated carbocycles. The Morgan fingerprint density at radius 1 is 1.33 bits per heavy atom. The van der Waals surface area contributed by atoms with Gasteiger partial charge in [-0.25, -0.2) is 9.98 Å².